The Kier molecular flexibility index (Phi) is 12.8. The van der Waals surface area contributed by atoms with Crippen LogP contribution >= 0.6 is 67.8 Å². The number of carbonyl (C=O) groups is 6. The molecule has 4 N–H and O–H groups in total. The highest BCUT2D eigenvalue weighted by Gasteiger charge is 2.27. The van der Waals surface area contributed by atoms with Crippen molar-refractivity contribution in [1.29, 1.82) is 0 Å². The maximum absolute atomic E-state index is 12.7. The second-order valence-electron chi connectivity index (χ2n) is 6.00. The third-order valence-electron chi connectivity index (χ3n) is 3.52. The first-order chi connectivity index (χ1) is 15.9. The fourth-order valence-corrected chi connectivity index (χ4v) is 6.17. The van der Waals surface area contributed by atoms with E-state index in [1.807, 2.05) is 45.2 Å². The Balaban J connectivity index is 2.90. The number of nitrogen functional groups attached to an aromatic ring is 1. The second kappa shape index (κ2) is 14.4. The van der Waals surface area contributed by atoms with Crippen molar-refractivity contribution in [2.75, 3.05) is 32.4 Å². The first-order valence-corrected chi connectivity index (χ1v) is 12.2. The molecule has 0 unspecified atom stereocenters. The van der Waals surface area contributed by atoms with E-state index in [2.05, 4.69) is 20.1 Å². The normalized spacial score (nSPS) is 10.0. The Morgan fingerprint density at radius 2 is 1.03 bits per heavy atom. The molecule has 0 saturated heterocycles. The summed E-state index contributed by atoms with van der Waals surface area (Å²) in [6, 6.07) is 0. The van der Waals surface area contributed by atoms with Crippen molar-refractivity contribution in [3.8, 4) is 0 Å². The molecule has 1 rings (SSSR count). The Hall–Kier alpha value is -1.97. The van der Waals surface area contributed by atoms with Gasteiger partial charge in [0.1, 0.15) is 0 Å². The maximum Gasteiger partial charge on any atom is 0.345 e. The molecular formula is C18H18I3N3O10. The Labute approximate surface area is 233 Å². The molecule has 0 aliphatic rings. The minimum atomic E-state index is -0.870. The zero-order valence-electron chi connectivity index (χ0n) is 17.6. The van der Waals surface area contributed by atoms with Gasteiger partial charge in [-0.1, -0.05) is 0 Å². The molecule has 0 heterocycles. The summed E-state index contributed by atoms with van der Waals surface area (Å²) in [7, 11) is 0. The fraction of sp³-hybridized carbons (Fsp3) is 0.333. The molecule has 34 heavy (non-hydrogen) atoms. The Morgan fingerprint density at radius 1 is 0.676 bits per heavy atom. The summed E-state index contributed by atoms with van der Waals surface area (Å²) >= 11 is 5.48. The van der Waals surface area contributed by atoms with Crippen LogP contribution in [0.15, 0.2) is 0 Å². The van der Waals surface area contributed by atoms with Gasteiger partial charge in [-0.05, 0) is 67.8 Å². The van der Waals surface area contributed by atoms with Crippen LogP contribution in [0.2, 0.25) is 0 Å². The number of rotatable bonds is 10. The third kappa shape index (κ3) is 9.35. The number of benzene rings is 1. The van der Waals surface area contributed by atoms with Crippen molar-refractivity contribution < 1.29 is 47.7 Å². The van der Waals surface area contributed by atoms with E-state index in [9.17, 15) is 28.8 Å². The van der Waals surface area contributed by atoms with Gasteiger partial charge < -0.3 is 35.3 Å². The fourth-order valence-electron chi connectivity index (χ4n) is 2.03. The zero-order valence-corrected chi connectivity index (χ0v) is 24.1. The van der Waals surface area contributed by atoms with Gasteiger partial charge in [0.2, 0.25) is 0 Å². The Bertz CT molecular complexity index is 940. The molecule has 0 aliphatic heterocycles. The standard InChI is InChI=1S/C18H18I3N3O10/c1-7(25)31-3-9(27)33-5-23-17(29)11-13(19)12(15(21)16(22)14(11)20)18(30)24-6-34-10(28)4-32-8(2)26/h3-6,22H2,1-2H3,(H,23,29)(H,24,30). The van der Waals surface area contributed by atoms with Crippen LogP contribution in [0.1, 0.15) is 34.6 Å². The van der Waals surface area contributed by atoms with Crippen LogP contribution in [-0.2, 0) is 38.1 Å². The van der Waals surface area contributed by atoms with E-state index >= 15 is 0 Å². The molecule has 0 atom stereocenters. The van der Waals surface area contributed by atoms with Crippen molar-refractivity contribution >= 4 is 109 Å². The lowest BCUT2D eigenvalue weighted by Crippen LogP contribution is -2.33. The molecule has 0 fully saturated rings. The minimum Gasteiger partial charge on any atom is -0.454 e. The molecule has 1 aromatic rings. The number of ether oxygens (including phenoxy) is 4. The van der Waals surface area contributed by atoms with Gasteiger partial charge in [0.25, 0.3) is 11.8 Å². The van der Waals surface area contributed by atoms with Gasteiger partial charge in [0, 0.05) is 17.4 Å². The van der Waals surface area contributed by atoms with Gasteiger partial charge >= 0.3 is 23.9 Å². The SMILES string of the molecule is CC(=O)OCC(=O)OCNC(=O)c1c(I)c(N)c(I)c(C(=O)NCOC(=O)COC(C)=O)c1I. The molecule has 0 spiro atoms. The quantitative estimate of drug-likeness (QED) is 0.0991. The van der Waals surface area contributed by atoms with E-state index in [0.29, 0.717) is 7.14 Å². The van der Waals surface area contributed by atoms with Gasteiger partial charge in [0.05, 0.1) is 24.0 Å². The first-order valence-electron chi connectivity index (χ1n) is 8.97. The van der Waals surface area contributed by atoms with Gasteiger partial charge in [-0.15, -0.1) is 0 Å². The summed E-state index contributed by atoms with van der Waals surface area (Å²) in [6.45, 7) is 0.00830. The topological polar surface area (TPSA) is 189 Å². The average Bonchev–Trinajstić information content (AvgIpc) is 2.75. The van der Waals surface area contributed by atoms with Crippen LogP contribution in [0.3, 0.4) is 0 Å². The smallest absolute Gasteiger partial charge is 0.345 e. The van der Waals surface area contributed by atoms with Crippen LogP contribution in [0, 0.1) is 10.7 Å². The average molecular weight is 817 g/mol. The number of anilines is 1. The molecule has 13 nitrogen and oxygen atoms in total. The van der Waals surface area contributed by atoms with Crippen LogP contribution < -0.4 is 16.4 Å². The molecule has 2 amide bonds. The molecule has 186 valence electrons. The second-order valence-corrected chi connectivity index (χ2v) is 9.24. The lowest BCUT2D eigenvalue weighted by molar-refractivity contribution is -0.157. The van der Waals surface area contributed by atoms with Crippen LogP contribution in [-0.4, -0.2) is 62.4 Å². The summed E-state index contributed by atoms with van der Waals surface area (Å²) < 4.78 is 19.5. The molecule has 0 radical (unpaired) electrons. The summed E-state index contributed by atoms with van der Waals surface area (Å²) in [6.07, 6.45) is 0. The summed E-state index contributed by atoms with van der Waals surface area (Å²) in [5.74, 6) is -4.43. The molecule has 0 bridgehead atoms. The predicted octanol–water partition coefficient (Wildman–Crippen LogP) is 0.670. The van der Waals surface area contributed by atoms with E-state index in [4.69, 9.17) is 15.2 Å². The third-order valence-corrected chi connectivity index (χ3v) is 6.84. The van der Waals surface area contributed by atoms with Crippen LogP contribution in [0.5, 0.6) is 0 Å². The predicted molar refractivity (Wildman–Crippen MR) is 139 cm³/mol. The van der Waals surface area contributed by atoms with Gasteiger partial charge in [-0.3, -0.25) is 19.2 Å². The number of halogens is 3. The lowest BCUT2D eigenvalue weighted by Gasteiger charge is -2.17. The summed E-state index contributed by atoms with van der Waals surface area (Å²) in [5.41, 5.74) is 6.36. The monoisotopic (exact) mass is 817 g/mol. The number of nitrogens with one attached hydrogen (secondary N) is 2. The summed E-state index contributed by atoms with van der Waals surface area (Å²) in [5, 5.41) is 4.72. The maximum atomic E-state index is 12.7. The molecule has 1 aromatic carbocycles. The van der Waals surface area contributed by atoms with E-state index in [1.54, 1.807) is 22.6 Å². The van der Waals surface area contributed by atoms with Crippen molar-refractivity contribution in [3.05, 3.63) is 21.8 Å². The Morgan fingerprint density at radius 3 is 1.35 bits per heavy atom. The number of carbonyl (C=O) groups excluding carboxylic acids is 6. The van der Waals surface area contributed by atoms with Crippen molar-refractivity contribution in [2.45, 2.75) is 13.8 Å². The molecule has 0 aliphatic carbocycles. The summed E-state index contributed by atoms with van der Waals surface area (Å²) in [4.78, 5) is 69.8. The number of hydrogen-bond acceptors (Lipinski definition) is 11. The zero-order chi connectivity index (χ0) is 26.0. The van der Waals surface area contributed by atoms with Gasteiger partial charge in [0.15, 0.2) is 26.7 Å². The number of esters is 4. The number of nitrogens with two attached hydrogens (primary N) is 1. The molecule has 16 heteroatoms. The van der Waals surface area contributed by atoms with Crippen LogP contribution in [0.4, 0.5) is 5.69 Å². The minimum absolute atomic E-state index is 0.0622. The van der Waals surface area contributed by atoms with Crippen molar-refractivity contribution in [1.82, 2.24) is 10.6 Å². The van der Waals surface area contributed by atoms with E-state index in [0.717, 1.165) is 13.8 Å². The van der Waals surface area contributed by atoms with E-state index < -0.39 is 62.4 Å². The van der Waals surface area contributed by atoms with Gasteiger partial charge in [-0.2, -0.15) is 0 Å². The molecule has 0 saturated carbocycles. The lowest BCUT2D eigenvalue weighted by atomic mass is 10.1. The highest BCUT2D eigenvalue weighted by Crippen LogP contribution is 2.33. The van der Waals surface area contributed by atoms with E-state index in [-0.39, 0.29) is 20.4 Å². The molecule has 0 aromatic heterocycles. The molecular weight excluding hydrogens is 799 g/mol. The number of amides is 2. The van der Waals surface area contributed by atoms with Crippen molar-refractivity contribution in [3.63, 3.8) is 0 Å². The van der Waals surface area contributed by atoms with E-state index in [1.165, 1.54) is 0 Å². The highest BCUT2D eigenvalue weighted by molar-refractivity contribution is 14.1. The van der Waals surface area contributed by atoms with Crippen LogP contribution in [0.25, 0.3) is 0 Å². The largest absolute Gasteiger partial charge is 0.454 e. The highest BCUT2D eigenvalue weighted by atomic mass is 127. The number of hydrogen-bond donors (Lipinski definition) is 3. The first kappa shape index (κ1) is 30.1. The van der Waals surface area contributed by atoms with Crippen molar-refractivity contribution in [2.24, 2.45) is 0 Å². The van der Waals surface area contributed by atoms with Gasteiger partial charge in [-0.25, -0.2) is 9.59 Å².